The van der Waals surface area contributed by atoms with Gasteiger partial charge in [-0.1, -0.05) is 35.3 Å². The first-order chi connectivity index (χ1) is 6.24. The Kier molecular flexibility index (Phi) is 2.28. The van der Waals surface area contributed by atoms with Gasteiger partial charge in [0.25, 0.3) is 0 Å². The molecule has 0 N–H and O–H groups in total. The number of carbonyl (C=O) groups is 1. The van der Waals surface area contributed by atoms with E-state index in [0.717, 1.165) is 16.4 Å². The van der Waals surface area contributed by atoms with E-state index < -0.39 is 0 Å². The van der Waals surface area contributed by atoms with Gasteiger partial charge in [0.15, 0.2) is 6.29 Å². The number of hydrogen-bond donors (Lipinski definition) is 0. The van der Waals surface area contributed by atoms with Gasteiger partial charge in [0.05, 0.1) is 5.02 Å². The minimum Gasteiger partial charge on any atom is -0.298 e. The summed E-state index contributed by atoms with van der Waals surface area (Å²) in [7, 11) is 0. The van der Waals surface area contributed by atoms with Gasteiger partial charge in [-0.25, -0.2) is 0 Å². The summed E-state index contributed by atoms with van der Waals surface area (Å²) in [6.07, 6.45) is 0.789. The highest BCUT2D eigenvalue weighted by molar-refractivity contribution is 7.23. The van der Waals surface area contributed by atoms with Gasteiger partial charge in [0.1, 0.15) is 4.34 Å². The number of rotatable bonds is 1. The summed E-state index contributed by atoms with van der Waals surface area (Å²) in [5, 5.41) is 1.23. The zero-order valence-electron chi connectivity index (χ0n) is 6.38. The number of hydrogen-bond acceptors (Lipinski definition) is 2. The second kappa shape index (κ2) is 3.29. The second-order valence-electron chi connectivity index (χ2n) is 2.53. The van der Waals surface area contributed by atoms with Crippen LogP contribution in [0.25, 0.3) is 10.1 Å². The van der Waals surface area contributed by atoms with Gasteiger partial charge >= 0.3 is 0 Å². The molecule has 0 aliphatic carbocycles. The zero-order chi connectivity index (χ0) is 9.42. The molecule has 0 atom stereocenters. The van der Waals surface area contributed by atoms with Crippen molar-refractivity contribution in [3.8, 4) is 0 Å². The van der Waals surface area contributed by atoms with Gasteiger partial charge in [-0.05, 0) is 6.07 Å². The fourth-order valence-electron chi connectivity index (χ4n) is 1.21. The standard InChI is InChI=1S/C9H4Cl2OS/c10-8-7-5(4-12)2-1-3-6(7)13-9(8)11/h1-4H. The maximum atomic E-state index is 10.7. The third kappa shape index (κ3) is 1.35. The van der Waals surface area contributed by atoms with Crippen LogP contribution >= 0.6 is 34.5 Å². The number of aldehydes is 1. The maximum Gasteiger partial charge on any atom is 0.150 e. The lowest BCUT2D eigenvalue weighted by molar-refractivity contribution is 0.112. The van der Waals surface area contributed by atoms with Gasteiger partial charge in [-0.3, -0.25) is 4.79 Å². The fourth-order valence-corrected chi connectivity index (χ4v) is 2.79. The van der Waals surface area contributed by atoms with E-state index >= 15 is 0 Å². The van der Waals surface area contributed by atoms with Crippen molar-refractivity contribution in [1.29, 1.82) is 0 Å². The van der Waals surface area contributed by atoms with Crippen molar-refractivity contribution in [2.45, 2.75) is 0 Å². The van der Waals surface area contributed by atoms with E-state index in [2.05, 4.69) is 0 Å². The Morgan fingerprint density at radius 2 is 2.08 bits per heavy atom. The number of carbonyl (C=O) groups excluding carboxylic acids is 1. The molecule has 1 aromatic heterocycles. The van der Waals surface area contributed by atoms with E-state index in [1.807, 2.05) is 12.1 Å². The number of benzene rings is 1. The Bertz CT molecular complexity index is 476. The molecule has 0 aliphatic heterocycles. The monoisotopic (exact) mass is 230 g/mol. The Hall–Kier alpha value is -0.570. The highest BCUT2D eigenvalue weighted by Gasteiger charge is 2.11. The molecule has 0 spiro atoms. The summed E-state index contributed by atoms with van der Waals surface area (Å²) in [6, 6.07) is 5.43. The zero-order valence-corrected chi connectivity index (χ0v) is 8.71. The lowest BCUT2D eigenvalue weighted by Crippen LogP contribution is -1.78. The quantitative estimate of drug-likeness (QED) is 0.677. The van der Waals surface area contributed by atoms with E-state index in [9.17, 15) is 4.79 Å². The highest BCUT2D eigenvalue weighted by atomic mass is 35.5. The van der Waals surface area contributed by atoms with Crippen molar-refractivity contribution in [1.82, 2.24) is 0 Å². The molecular formula is C9H4Cl2OS. The predicted octanol–water partition coefficient (Wildman–Crippen LogP) is 4.02. The van der Waals surface area contributed by atoms with Crippen molar-refractivity contribution in [2.75, 3.05) is 0 Å². The Morgan fingerprint density at radius 3 is 2.77 bits per heavy atom. The SMILES string of the molecule is O=Cc1cccc2sc(Cl)c(Cl)c12. The average Bonchev–Trinajstić information content (AvgIpc) is 2.43. The molecule has 1 nitrogen and oxygen atoms in total. The molecule has 2 rings (SSSR count). The summed E-state index contributed by atoms with van der Waals surface area (Å²) in [6.45, 7) is 0. The van der Waals surface area contributed by atoms with Crippen LogP contribution in [0.15, 0.2) is 18.2 Å². The van der Waals surface area contributed by atoms with Crippen molar-refractivity contribution in [3.63, 3.8) is 0 Å². The molecule has 0 unspecified atom stereocenters. The molecule has 2 aromatic rings. The molecule has 1 heterocycles. The smallest absolute Gasteiger partial charge is 0.150 e. The third-order valence-electron chi connectivity index (χ3n) is 1.78. The van der Waals surface area contributed by atoms with Crippen LogP contribution in [0.5, 0.6) is 0 Å². The molecule has 0 bridgehead atoms. The summed E-state index contributed by atoms with van der Waals surface area (Å²) in [5.74, 6) is 0. The van der Waals surface area contributed by atoms with Gasteiger partial charge in [0, 0.05) is 15.6 Å². The number of thiophene rings is 1. The molecule has 13 heavy (non-hydrogen) atoms. The molecule has 0 aliphatic rings. The molecule has 0 saturated carbocycles. The number of halogens is 2. The first kappa shape index (κ1) is 9.00. The van der Waals surface area contributed by atoms with E-state index in [1.54, 1.807) is 6.07 Å². The van der Waals surface area contributed by atoms with E-state index in [-0.39, 0.29) is 0 Å². The van der Waals surface area contributed by atoms with Crippen molar-refractivity contribution < 1.29 is 4.79 Å². The van der Waals surface area contributed by atoms with Crippen LogP contribution in [-0.2, 0) is 0 Å². The van der Waals surface area contributed by atoms with Crippen LogP contribution in [0.4, 0.5) is 0 Å². The van der Waals surface area contributed by atoms with Crippen molar-refractivity contribution in [3.05, 3.63) is 33.1 Å². The topological polar surface area (TPSA) is 17.1 Å². The molecule has 0 amide bonds. The molecule has 66 valence electrons. The molecular weight excluding hydrogens is 227 g/mol. The molecule has 4 heteroatoms. The normalized spacial score (nSPS) is 10.6. The first-order valence-corrected chi connectivity index (χ1v) is 5.13. The largest absolute Gasteiger partial charge is 0.298 e. The Morgan fingerprint density at radius 1 is 1.31 bits per heavy atom. The van der Waals surface area contributed by atoms with Crippen LogP contribution < -0.4 is 0 Å². The summed E-state index contributed by atoms with van der Waals surface area (Å²) in [5.41, 5.74) is 0.589. The lowest BCUT2D eigenvalue weighted by Gasteiger charge is -1.93. The summed E-state index contributed by atoms with van der Waals surface area (Å²) in [4.78, 5) is 10.7. The average molecular weight is 231 g/mol. The van der Waals surface area contributed by atoms with Crippen molar-refractivity contribution >= 4 is 50.9 Å². The van der Waals surface area contributed by atoms with E-state index in [0.29, 0.717) is 14.9 Å². The van der Waals surface area contributed by atoms with Crippen LogP contribution in [-0.4, -0.2) is 6.29 Å². The Balaban J connectivity index is 2.94. The van der Waals surface area contributed by atoms with Crippen LogP contribution in [0, 0.1) is 0 Å². The molecule has 0 saturated heterocycles. The van der Waals surface area contributed by atoms with E-state index in [4.69, 9.17) is 23.2 Å². The van der Waals surface area contributed by atoms with Crippen LogP contribution in [0.2, 0.25) is 9.36 Å². The summed E-state index contributed by atoms with van der Waals surface area (Å²) >= 11 is 13.2. The molecule has 0 fully saturated rings. The third-order valence-corrected chi connectivity index (χ3v) is 3.73. The minimum absolute atomic E-state index is 0.476. The molecule has 1 aromatic carbocycles. The fraction of sp³-hybridized carbons (Fsp3) is 0. The summed E-state index contributed by atoms with van der Waals surface area (Å²) < 4.78 is 1.48. The first-order valence-electron chi connectivity index (χ1n) is 3.55. The maximum absolute atomic E-state index is 10.7. The van der Waals surface area contributed by atoms with Crippen LogP contribution in [0.1, 0.15) is 10.4 Å². The van der Waals surface area contributed by atoms with E-state index in [1.165, 1.54) is 11.3 Å². The second-order valence-corrected chi connectivity index (χ2v) is 4.56. The lowest BCUT2D eigenvalue weighted by atomic mass is 10.1. The van der Waals surface area contributed by atoms with Crippen LogP contribution in [0.3, 0.4) is 0 Å². The van der Waals surface area contributed by atoms with Gasteiger partial charge in [-0.2, -0.15) is 0 Å². The molecule has 0 radical (unpaired) electrons. The van der Waals surface area contributed by atoms with Gasteiger partial charge < -0.3 is 0 Å². The Labute approximate surface area is 88.9 Å². The highest BCUT2D eigenvalue weighted by Crippen LogP contribution is 2.39. The minimum atomic E-state index is 0.476. The van der Waals surface area contributed by atoms with Crippen molar-refractivity contribution in [2.24, 2.45) is 0 Å². The van der Waals surface area contributed by atoms with Gasteiger partial charge in [0.2, 0.25) is 0 Å². The number of fused-ring (bicyclic) bond motifs is 1. The predicted molar refractivity (Wildman–Crippen MR) is 57.2 cm³/mol. The van der Waals surface area contributed by atoms with Gasteiger partial charge in [-0.15, -0.1) is 11.3 Å².